The van der Waals surface area contributed by atoms with E-state index in [9.17, 15) is 14.4 Å². The molecule has 35 heavy (non-hydrogen) atoms. The molecule has 0 aliphatic heterocycles. The van der Waals surface area contributed by atoms with Crippen LogP contribution in [0.25, 0.3) is 0 Å². The largest absolute Gasteiger partial charge is 0.490 e. The van der Waals surface area contributed by atoms with Gasteiger partial charge in [-0.25, -0.2) is 0 Å². The fourth-order valence-electron chi connectivity index (χ4n) is 3.08. The molecule has 3 N–H and O–H groups in total. The van der Waals surface area contributed by atoms with Crippen LogP contribution in [0.1, 0.15) is 52.0 Å². The van der Waals surface area contributed by atoms with Crippen molar-refractivity contribution in [3.63, 3.8) is 0 Å². The summed E-state index contributed by atoms with van der Waals surface area (Å²) in [4.78, 5) is 37.2. The molecule has 3 rings (SSSR count). The Balaban J connectivity index is 1.65. The van der Waals surface area contributed by atoms with Crippen LogP contribution < -0.4 is 30.4 Å². The van der Waals surface area contributed by atoms with Gasteiger partial charge in [0.15, 0.2) is 17.3 Å². The average molecular weight is 482 g/mol. The lowest BCUT2D eigenvalue weighted by atomic mass is 10.1. The lowest BCUT2D eigenvalue weighted by molar-refractivity contribution is 0.0846. The molecule has 0 saturated heterocycles. The zero-order chi connectivity index (χ0) is 25.2. The molecule has 3 aromatic rings. The van der Waals surface area contributed by atoms with E-state index < -0.39 is 17.7 Å². The van der Waals surface area contributed by atoms with Crippen molar-refractivity contribution < 1.29 is 33.0 Å². The van der Waals surface area contributed by atoms with Gasteiger partial charge in [0, 0.05) is 16.8 Å². The topological polar surface area (TPSA) is 128 Å². The zero-order valence-corrected chi connectivity index (χ0v) is 19.7. The van der Waals surface area contributed by atoms with Gasteiger partial charge in [-0.2, -0.15) is 0 Å². The molecule has 184 valence electrons. The molecule has 0 unspecified atom stereocenters. The van der Waals surface area contributed by atoms with Crippen molar-refractivity contribution in [2.75, 3.05) is 25.1 Å². The number of hydrogen-bond donors (Lipinski definition) is 3. The van der Waals surface area contributed by atoms with Gasteiger partial charge in [0.1, 0.15) is 0 Å². The maximum absolute atomic E-state index is 12.7. The summed E-state index contributed by atoms with van der Waals surface area (Å²) in [6, 6.07) is 12.3. The number of rotatable bonds is 10. The molecule has 10 nitrogen and oxygen atoms in total. The first-order valence-electron chi connectivity index (χ1n) is 11.1. The lowest BCUT2D eigenvalue weighted by Gasteiger charge is -2.17. The monoisotopic (exact) mass is 481 g/mol. The first-order valence-corrected chi connectivity index (χ1v) is 11.1. The quantitative estimate of drug-likeness (QED) is 0.376. The van der Waals surface area contributed by atoms with Gasteiger partial charge in [0.2, 0.25) is 5.75 Å². The zero-order valence-electron chi connectivity index (χ0n) is 19.7. The molecule has 0 bridgehead atoms. The molecule has 3 amide bonds. The van der Waals surface area contributed by atoms with Crippen molar-refractivity contribution in [3.05, 3.63) is 71.7 Å². The highest BCUT2D eigenvalue weighted by molar-refractivity contribution is 6.03. The normalized spacial score (nSPS) is 10.3. The number of carbonyl (C=O) groups excluding carboxylic acids is 3. The van der Waals surface area contributed by atoms with E-state index >= 15 is 0 Å². The number of nitrogens with one attached hydrogen (secondary N) is 3. The van der Waals surface area contributed by atoms with E-state index in [1.165, 1.54) is 30.5 Å². The standard InChI is InChI=1S/C25H27N3O7/c1-4-32-20-14-17(15-21(33-5-2)22(20)34-6-3)24(30)28-27-23(29)16-9-11-18(12-10-16)26-25(31)19-8-7-13-35-19/h7-15H,4-6H2,1-3H3,(H,26,31)(H,27,29)(H,28,30). The van der Waals surface area contributed by atoms with Crippen LogP contribution in [0.2, 0.25) is 0 Å². The Bertz CT molecular complexity index is 1130. The van der Waals surface area contributed by atoms with E-state index in [2.05, 4.69) is 16.2 Å². The molecule has 0 aliphatic carbocycles. The Morgan fingerprint density at radius 1 is 0.743 bits per heavy atom. The minimum Gasteiger partial charge on any atom is -0.490 e. The Morgan fingerprint density at radius 3 is 1.83 bits per heavy atom. The van der Waals surface area contributed by atoms with Crippen LogP contribution in [0.4, 0.5) is 5.69 Å². The smallest absolute Gasteiger partial charge is 0.291 e. The van der Waals surface area contributed by atoms with E-state index in [0.29, 0.717) is 42.8 Å². The summed E-state index contributed by atoms with van der Waals surface area (Å²) in [5.41, 5.74) is 5.72. The number of hydrogen-bond acceptors (Lipinski definition) is 7. The van der Waals surface area contributed by atoms with E-state index in [0.717, 1.165) is 0 Å². The number of benzene rings is 2. The minimum absolute atomic E-state index is 0.170. The molecule has 0 saturated carbocycles. The number of hydrazine groups is 1. The van der Waals surface area contributed by atoms with Gasteiger partial charge in [-0.3, -0.25) is 25.2 Å². The molecular formula is C25H27N3O7. The molecule has 0 fully saturated rings. The minimum atomic E-state index is -0.564. The highest BCUT2D eigenvalue weighted by Crippen LogP contribution is 2.39. The molecule has 0 spiro atoms. The van der Waals surface area contributed by atoms with E-state index in [4.69, 9.17) is 18.6 Å². The van der Waals surface area contributed by atoms with Gasteiger partial charge in [0.05, 0.1) is 26.1 Å². The third kappa shape index (κ3) is 6.53. The van der Waals surface area contributed by atoms with Crippen molar-refractivity contribution in [2.45, 2.75) is 20.8 Å². The summed E-state index contributed by atoms with van der Waals surface area (Å²) in [6.07, 6.45) is 1.40. The molecule has 10 heteroatoms. The van der Waals surface area contributed by atoms with Gasteiger partial charge in [-0.05, 0) is 69.3 Å². The van der Waals surface area contributed by atoms with Crippen molar-refractivity contribution >= 4 is 23.4 Å². The first-order chi connectivity index (χ1) is 17.0. The number of anilines is 1. The third-order valence-corrected chi connectivity index (χ3v) is 4.61. The Kier molecular flexibility index (Phi) is 8.71. The maximum Gasteiger partial charge on any atom is 0.291 e. The number of carbonyl (C=O) groups is 3. The summed E-state index contributed by atoms with van der Waals surface area (Å²) in [6.45, 7) is 6.60. The van der Waals surface area contributed by atoms with Gasteiger partial charge in [-0.15, -0.1) is 0 Å². The summed E-state index contributed by atoms with van der Waals surface area (Å²) in [7, 11) is 0. The Hall–Kier alpha value is -4.47. The third-order valence-electron chi connectivity index (χ3n) is 4.61. The fourth-order valence-corrected chi connectivity index (χ4v) is 3.08. The van der Waals surface area contributed by atoms with Crippen molar-refractivity contribution in [1.82, 2.24) is 10.9 Å². The van der Waals surface area contributed by atoms with Gasteiger partial charge in [-0.1, -0.05) is 0 Å². The fraction of sp³-hybridized carbons (Fsp3) is 0.240. The molecule has 1 heterocycles. The predicted molar refractivity (Wildman–Crippen MR) is 128 cm³/mol. The van der Waals surface area contributed by atoms with Gasteiger partial charge in [0.25, 0.3) is 17.7 Å². The molecule has 0 aliphatic rings. The van der Waals surface area contributed by atoms with Crippen LogP contribution in [-0.4, -0.2) is 37.5 Å². The van der Waals surface area contributed by atoms with E-state index in [1.54, 1.807) is 24.3 Å². The van der Waals surface area contributed by atoms with Crippen LogP contribution in [-0.2, 0) is 0 Å². The van der Waals surface area contributed by atoms with Crippen molar-refractivity contribution in [2.24, 2.45) is 0 Å². The van der Waals surface area contributed by atoms with Crippen LogP contribution in [0.15, 0.2) is 59.2 Å². The van der Waals surface area contributed by atoms with E-state index in [1.807, 2.05) is 20.8 Å². The van der Waals surface area contributed by atoms with Crippen LogP contribution in [0, 0.1) is 0 Å². The maximum atomic E-state index is 12.7. The van der Waals surface area contributed by atoms with Crippen LogP contribution in [0.3, 0.4) is 0 Å². The highest BCUT2D eigenvalue weighted by Gasteiger charge is 2.19. The average Bonchev–Trinajstić information content (AvgIpc) is 3.40. The molecule has 1 aromatic heterocycles. The number of furan rings is 1. The lowest BCUT2D eigenvalue weighted by Crippen LogP contribution is -2.41. The Morgan fingerprint density at radius 2 is 1.31 bits per heavy atom. The Labute approximate surface area is 202 Å². The molecular weight excluding hydrogens is 454 g/mol. The SMILES string of the molecule is CCOc1cc(C(=O)NNC(=O)c2ccc(NC(=O)c3ccco3)cc2)cc(OCC)c1OCC. The summed E-state index contributed by atoms with van der Waals surface area (Å²) in [5, 5.41) is 2.66. The second-order valence-corrected chi connectivity index (χ2v) is 7.02. The van der Waals surface area contributed by atoms with Gasteiger partial charge >= 0.3 is 0 Å². The number of ether oxygens (including phenoxy) is 3. The summed E-state index contributed by atoms with van der Waals surface area (Å²) < 4.78 is 21.9. The second-order valence-electron chi connectivity index (χ2n) is 7.02. The molecule has 0 radical (unpaired) electrons. The van der Waals surface area contributed by atoms with Crippen LogP contribution in [0.5, 0.6) is 17.2 Å². The van der Waals surface area contributed by atoms with Crippen molar-refractivity contribution in [3.8, 4) is 17.2 Å². The first kappa shape index (κ1) is 25.2. The number of amides is 3. The summed E-state index contributed by atoms with van der Waals surface area (Å²) >= 11 is 0. The van der Waals surface area contributed by atoms with Crippen molar-refractivity contribution in [1.29, 1.82) is 0 Å². The van der Waals surface area contributed by atoms with Crippen LogP contribution >= 0.6 is 0 Å². The predicted octanol–water partition coefficient (Wildman–Crippen LogP) is 3.80. The second kappa shape index (κ2) is 12.1. The van der Waals surface area contributed by atoms with Gasteiger partial charge < -0.3 is 23.9 Å². The highest BCUT2D eigenvalue weighted by atomic mass is 16.5. The molecule has 2 aromatic carbocycles. The van der Waals surface area contributed by atoms with E-state index in [-0.39, 0.29) is 16.9 Å². The molecule has 0 atom stereocenters. The summed E-state index contributed by atoms with van der Waals surface area (Å²) in [5.74, 6) is -0.200.